The van der Waals surface area contributed by atoms with Gasteiger partial charge in [-0.25, -0.2) is 23.2 Å². The second-order valence-electron chi connectivity index (χ2n) is 9.89. The number of nitrogens with one attached hydrogen (secondary N) is 3. The molecule has 0 bridgehead atoms. The number of aryl methyl sites for hydroxylation is 1. The Hall–Kier alpha value is -5.30. The molecule has 5 rings (SSSR count). The third kappa shape index (κ3) is 6.96. The van der Waals surface area contributed by atoms with Gasteiger partial charge in [-0.3, -0.25) is 24.5 Å². The average Bonchev–Trinajstić information content (AvgIpc) is 3.22. The fraction of sp³-hybridized carbons (Fsp3) is 0.167. The van der Waals surface area contributed by atoms with Gasteiger partial charge in [-0.2, -0.15) is 0 Å². The normalized spacial score (nSPS) is 12.6. The molecule has 4 aromatic rings. The molecule has 0 saturated carbocycles. The zero-order valence-corrected chi connectivity index (χ0v) is 23.9. The van der Waals surface area contributed by atoms with Crippen LogP contribution in [0.5, 0.6) is 0 Å². The minimum Gasteiger partial charge on any atom is -0.465 e. The first-order valence-electron chi connectivity index (χ1n) is 13.4. The highest BCUT2D eigenvalue weighted by Crippen LogP contribution is 2.27. The van der Waals surface area contributed by atoms with Crippen LogP contribution in [0.3, 0.4) is 0 Å². The highest BCUT2D eigenvalue weighted by molar-refractivity contribution is 7.92. The molecule has 3 aromatic carbocycles. The number of carbonyl (C=O) groups is 3. The van der Waals surface area contributed by atoms with Crippen LogP contribution >= 0.6 is 0 Å². The van der Waals surface area contributed by atoms with E-state index in [1.807, 2.05) is 0 Å². The lowest BCUT2D eigenvalue weighted by molar-refractivity contribution is 0.0652. The fourth-order valence-corrected chi connectivity index (χ4v) is 5.88. The maximum atomic E-state index is 12.9. The Kier molecular flexibility index (Phi) is 8.34. The molecule has 0 unspecified atom stereocenters. The first-order valence-corrected chi connectivity index (χ1v) is 15.0. The number of unbranched alkanes of at least 4 members (excludes halogenated alkanes) is 1. The van der Waals surface area contributed by atoms with E-state index >= 15 is 0 Å². The number of sulfonamides is 1. The first-order chi connectivity index (χ1) is 20.6. The molecular formula is C30H28N6O6S. The van der Waals surface area contributed by atoms with Crippen LogP contribution in [0.15, 0.2) is 79.1 Å². The standard InChI is InChI=1S/C30H28N6O6S/c1-19-11-12-22(33-27-17-26(31-18-32-27)20-7-6-8-21(15-20)34-30(39)40)16-25(19)35-43(41,42)14-5-4-13-36-28(37)23-9-2-3-10-24(23)29(36)38/h2-3,6-12,15-18,34-35H,4-5,13-14H2,1H3,(H,39,40)(H,31,32,33). The van der Waals surface area contributed by atoms with Gasteiger partial charge in [0.2, 0.25) is 10.0 Å². The molecule has 1 aliphatic rings. The summed E-state index contributed by atoms with van der Waals surface area (Å²) in [5.41, 5.74) is 4.06. The first kappa shape index (κ1) is 29.2. The van der Waals surface area contributed by atoms with E-state index < -0.39 is 16.1 Å². The van der Waals surface area contributed by atoms with Crippen molar-refractivity contribution >= 4 is 50.8 Å². The minimum atomic E-state index is -3.72. The Morgan fingerprint density at radius 3 is 2.35 bits per heavy atom. The van der Waals surface area contributed by atoms with Crippen LogP contribution in [0, 0.1) is 6.92 Å². The van der Waals surface area contributed by atoms with Crippen LogP contribution < -0.4 is 15.4 Å². The molecule has 0 radical (unpaired) electrons. The Morgan fingerprint density at radius 1 is 0.884 bits per heavy atom. The molecule has 0 spiro atoms. The lowest BCUT2D eigenvalue weighted by Gasteiger charge is -2.15. The molecule has 0 saturated heterocycles. The largest absolute Gasteiger partial charge is 0.465 e. The second-order valence-corrected chi connectivity index (χ2v) is 11.7. The molecule has 1 aliphatic heterocycles. The maximum absolute atomic E-state index is 12.9. The van der Waals surface area contributed by atoms with Crippen molar-refractivity contribution in [1.29, 1.82) is 0 Å². The van der Waals surface area contributed by atoms with Gasteiger partial charge in [0.05, 0.1) is 28.3 Å². The molecule has 0 fully saturated rings. The Bertz CT molecular complexity index is 1790. The van der Waals surface area contributed by atoms with Crippen molar-refractivity contribution in [3.63, 3.8) is 0 Å². The number of fused-ring (bicyclic) bond motifs is 1. The van der Waals surface area contributed by atoms with Gasteiger partial charge in [-0.15, -0.1) is 0 Å². The van der Waals surface area contributed by atoms with Crippen molar-refractivity contribution in [2.24, 2.45) is 0 Å². The van der Waals surface area contributed by atoms with Crippen LogP contribution in [0.4, 0.5) is 27.7 Å². The molecule has 43 heavy (non-hydrogen) atoms. The lowest BCUT2D eigenvalue weighted by Crippen LogP contribution is -2.31. The number of aromatic nitrogens is 2. The van der Waals surface area contributed by atoms with Crippen LogP contribution in [-0.2, 0) is 10.0 Å². The number of hydrogen-bond donors (Lipinski definition) is 4. The van der Waals surface area contributed by atoms with Crippen molar-refractivity contribution in [2.75, 3.05) is 27.7 Å². The van der Waals surface area contributed by atoms with E-state index in [1.54, 1.807) is 79.7 Å². The average molecular weight is 601 g/mol. The zero-order chi connectivity index (χ0) is 30.6. The van der Waals surface area contributed by atoms with Crippen LogP contribution in [0.1, 0.15) is 39.1 Å². The van der Waals surface area contributed by atoms with E-state index in [0.717, 1.165) is 4.90 Å². The molecule has 4 N–H and O–H groups in total. The van der Waals surface area contributed by atoms with Gasteiger partial charge in [-0.1, -0.05) is 30.3 Å². The van der Waals surface area contributed by atoms with Gasteiger partial charge in [0.1, 0.15) is 12.1 Å². The Balaban J connectivity index is 1.19. The van der Waals surface area contributed by atoms with Crippen molar-refractivity contribution in [3.8, 4) is 11.3 Å². The third-order valence-electron chi connectivity index (χ3n) is 6.78. The van der Waals surface area contributed by atoms with Crippen LogP contribution in [-0.4, -0.2) is 58.6 Å². The highest BCUT2D eigenvalue weighted by atomic mass is 32.2. The number of hydrogen-bond acceptors (Lipinski definition) is 8. The van der Waals surface area contributed by atoms with Gasteiger partial charge in [-0.05, 0) is 61.7 Å². The summed E-state index contributed by atoms with van der Waals surface area (Å²) in [5.74, 6) is -0.451. The summed E-state index contributed by atoms with van der Waals surface area (Å²) in [5, 5.41) is 14.4. The quantitative estimate of drug-likeness (QED) is 0.135. The van der Waals surface area contributed by atoms with Gasteiger partial charge in [0.15, 0.2) is 0 Å². The summed E-state index contributed by atoms with van der Waals surface area (Å²) in [7, 11) is -3.72. The van der Waals surface area contributed by atoms with Crippen molar-refractivity contribution in [1.82, 2.24) is 14.9 Å². The number of imide groups is 1. The van der Waals surface area contributed by atoms with Gasteiger partial charge < -0.3 is 10.4 Å². The number of carbonyl (C=O) groups excluding carboxylic acids is 2. The SMILES string of the molecule is Cc1ccc(Nc2cc(-c3cccc(NC(=O)O)c3)ncn2)cc1NS(=O)(=O)CCCCN1C(=O)c2ccccc2C1=O. The van der Waals surface area contributed by atoms with Gasteiger partial charge >= 0.3 is 6.09 Å². The van der Waals surface area contributed by atoms with Gasteiger partial charge in [0, 0.05) is 29.5 Å². The maximum Gasteiger partial charge on any atom is 0.409 e. The summed E-state index contributed by atoms with van der Waals surface area (Å²) in [6.45, 7) is 1.92. The molecule has 2 heterocycles. The number of carboxylic acid groups (broad SMARTS) is 1. The van der Waals surface area contributed by atoms with E-state index in [1.165, 1.54) is 6.33 Å². The highest BCUT2D eigenvalue weighted by Gasteiger charge is 2.34. The van der Waals surface area contributed by atoms with Gasteiger partial charge in [0.25, 0.3) is 11.8 Å². The summed E-state index contributed by atoms with van der Waals surface area (Å²) >= 11 is 0. The molecular weight excluding hydrogens is 572 g/mol. The number of benzene rings is 3. The molecule has 13 heteroatoms. The number of nitrogens with zero attached hydrogens (tertiary/aromatic N) is 3. The molecule has 1 aromatic heterocycles. The fourth-order valence-electron chi connectivity index (χ4n) is 4.64. The predicted octanol–water partition coefficient (Wildman–Crippen LogP) is 5.10. The van der Waals surface area contributed by atoms with E-state index in [0.29, 0.717) is 57.2 Å². The third-order valence-corrected chi connectivity index (χ3v) is 8.13. The topological polar surface area (TPSA) is 171 Å². The second kappa shape index (κ2) is 12.3. The molecule has 0 atom stereocenters. The number of anilines is 4. The van der Waals surface area contributed by atoms with E-state index in [9.17, 15) is 22.8 Å². The predicted molar refractivity (Wildman–Crippen MR) is 162 cm³/mol. The number of rotatable bonds is 11. The van der Waals surface area contributed by atoms with E-state index in [-0.39, 0.29) is 30.5 Å². The summed E-state index contributed by atoms with van der Waals surface area (Å²) in [4.78, 5) is 45.7. The molecule has 3 amide bonds. The van der Waals surface area contributed by atoms with Crippen LogP contribution in [0.2, 0.25) is 0 Å². The number of amides is 3. The zero-order valence-electron chi connectivity index (χ0n) is 23.1. The van der Waals surface area contributed by atoms with Crippen LogP contribution in [0.25, 0.3) is 11.3 Å². The molecule has 12 nitrogen and oxygen atoms in total. The van der Waals surface area contributed by atoms with Crippen molar-refractivity contribution in [2.45, 2.75) is 19.8 Å². The summed E-state index contributed by atoms with van der Waals surface area (Å²) in [6, 6.07) is 20.3. The van der Waals surface area contributed by atoms with E-state index in [4.69, 9.17) is 5.11 Å². The Morgan fingerprint density at radius 2 is 1.63 bits per heavy atom. The molecule has 220 valence electrons. The summed E-state index contributed by atoms with van der Waals surface area (Å²) < 4.78 is 28.4. The monoisotopic (exact) mass is 600 g/mol. The van der Waals surface area contributed by atoms with Crippen molar-refractivity contribution < 1.29 is 27.9 Å². The lowest BCUT2D eigenvalue weighted by atomic mass is 10.1. The Labute approximate surface area is 247 Å². The summed E-state index contributed by atoms with van der Waals surface area (Å²) in [6.07, 6.45) is 0.800. The molecule has 0 aliphatic carbocycles. The van der Waals surface area contributed by atoms with E-state index in [2.05, 4.69) is 25.3 Å². The van der Waals surface area contributed by atoms with Crippen molar-refractivity contribution in [3.05, 3.63) is 95.8 Å². The smallest absolute Gasteiger partial charge is 0.409 e. The minimum absolute atomic E-state index is 0.140.